The van der Waals surface area contributed by atoms with Crippen molar-refractivity contribution >= 4 is 40.5 Å². The second-order valence-corrected chi connectivity index (χ2v) is 6.35. The Labute approximate surface area is 143 Å². The van der Waals surface area contributed by atoms with Gasteiger partial charge in [0, 0.05) is 5.02 Å². The minimum atomic E-state index is -0.297. The Bertz CT molecular complexity index is 800. The van der Waals surface area contributed by atoms with Gasteiger partial charge in [0.1, 0.15) is 12.4 Å². The second kappa shape index (κ2) is 6.89. The van der Waals surface area contributed by atoms with Crippen molar-refractivity contribution in [2.45, 2.75) is 6.61 Å². The molecule has 2 aromatic rings. The molecule has 0 saturated heterocycles. The smallest absolute Gasteiger partial charge is 0.286 e. The molecule has 0 aliphatic carbocycles. The third kappa shape index (κ3) is 4.15. The van der Waals surface area contributed by atoms with Crippen molar-refractivity contribution in [2.75, 3.05) is 0 Å². The Kier molecular flexibility index (Phi) is 4.69. The number of ether oxygens (including phenoxy) is 1. The van der Waals surface area contributed by atoms with Gasteiger partial charge in [0.2, 0.25) is 0 Å². The molecule has 116 valence electrons. The SMILES string of the molecule is NC1=NC(=O)/C(=C\c2ccc(OCc3cccc(Cl)c3)cc2)S1. The van der Waals surface area contributed by atoms with Crippen molar-refractivity contribution in [2.24, 2.45) is 10.7 Å². The molecule has 1 aliphatic heterocycles. The van der Waals surface area contributed by atoms with Gasteiger partial charge in [-0.3, -0.25) is 4.79 Å². The van der Waals surface area contributed by atoms with Gasteiger partial charge >= 0.3 is 0 Å². The van der Waals surface area contributed by atoms with E-state index in [1.807, 2.05) is 48.5 Å². The number of hydrogen-bond acceptors (Lipinski definition) is 4. The standard InChI is InChI=1S/C17H13ClN2O2S/c18-13-3-1-2-12(8-13)10-22-14-6-4-11(5-7-14)9-15-16(21)20-17(19)23-15/h1-9H,10H2,(H2,19,20,21)/b15-9+. The number of amides is 1. The number of benzene rings is 2. The maximum Gasteiger partial charge on any atom is 0.286 e. The number of nitrogens with zero attached hydrogens (tertiary/aromatic N) is 1. The zero-order valence-corrected chi connectivity index (χ0v) is 13.6. The van der Waals surface area contributed by atoms with Gasteiger partial charge in [-0.25, -0.2) is 0 Å². The lowest BCUT2D eigenvalue weighted by atomic mass is 10.2. The first kappa shape index (κ1) is 15.6. The van der Waals surface area contributed by atoms with Crippen LogP contribution in [0.3, 0.4) is 0 Å². The van der Waals surface area contributed by atoms with E-state index in [9.17, 15) is 4.79 Å². The Morgan fingerprint density at radius 2 is 2.00 bits per heavy atom. The molecule has 23 heavy (non-hydrogen) atoms. The van der Waals surface area contributed by atoms with Crippen LogP contribution in [0.4, 0.5) is 0 Å². The van der Waals surface area contributed by atoms with Crippen LogP contribution in [0.5, 0.6) is 5.75 Å². The normalized spacial score (nSPS) is 15.8. The van der Waals surface area contributed by atoms with Crippen molar-refractivity contribution in [3.8, 4) is 5.75 Å². The summed E-state index contributed by atoms with van der Waals surface area (Å²) >= 11 is 7.12. The topological polar surface area (TPSA) is 64.7 Å². The summed E-state index contributed by atoms with van der Waals surface area (Å²) in [4.78, 5) is 15.7. The fourth-order valence-electron chi connectivity index (χ4n) is 2.03. The molecule has 6 heteroatoms. The van der Waals surface area contributed by atoms with Crippen molar-refractivity contribution in [1.82, 2.24) is 0 Å². The summed E-state index contributed by atoms with van der Waals surface area (Å²) in [6.45, 7) is 0.444. The van der Waals surface area contributed by atoms with Crippen LogP contribution in [-0.2, 0) is 11.4 Å². The Morgan fingerprint density at radius 1 is 1.22 bits per heavy atom. The van der Waals surface area contributed by atoms with Gasteiger partial charge in [-0.15, -0.1) is 0 Å². The molecular weight excluding hydrogens is 332 g/mol. The molecular formula is C17H13ClN2O2S. The number of thioether (sulfide) groups is 1. The first-order chi connectivity index (χ1) is 11.1. The lowest BCUT2D eigenvalue weighted by Gasteiger charge is -2.07. The number of nitrogens with two attached hydrogens (primary N) is 1. The highest BCUT2D eigenvalue weighted by Gasteiger charge is 2.19. The van der Waals surface area contributed by atoms with E-state index in [2.05, 4.69) is 4.99 Å². The second-order valence-electron chi connectivity index (χ2n) is 4.85. The molecule has 0 radical (unpaired) electrons. The molecule has 1 amide bonds. The van der Waals surface area contributed by atoms with Crippen molar-refractivity contribution in [1.29, 1.82) is 0 Å². The quantitative estimate of drug-likeness (QED) is 0.856. The maximum absolute atomic E-state index is 11.6. The Hall–Kier alpha value is -2.24. The van der Waals surface area contributed by atoms with Crippen LogP contribution in [0.25, 0.3) is 6.08 Å². The molecule has 0 saturated carbocycles. The van der Waals surface area contributed by atoms with Gasteiger partial charge in [-0.05, 0) is 53.2 Å². The molecule has 0 unspecified atom stereocenters. The summed E-state index contributed by atoms with van der Waals surface area (Å²) < 4.78 is 5.72. The van der Waals surface area contributed by atoms with Crippen LogP contribution >= 0.6 is 23.4 Å². The van der Waals surface area contributed by atoms with E-state index in [0.29, 0.717) is 16.5 Å². The van der Waals surface area contributed by atoms with E-state index in [4.69, 9.17) is 22.1 Å². The summed E-state index contributed by atoms with van der Waals surface area (Å²) in [7, 11) is 0. The molecule has 3 rings (SSSR count). The minimum Gasteiger partial charge on any atom is -0.489 e. The molecule has 4 nitrogen and oxygen atoms in total. The highest BCUT2D eigenvalue weighted by atomic mass is 35.5. The summed E-state index contributed by atoms with van der Waals surface area (Å²) in [5.74, 6) is 0.446. The van der Waals surface area contributed by atoms with Gasteiger partial charge in [0.15, 0.2) is 5.17 Å². The van der Waals surface area contributed by atoms with Crippen LogP contribution in [-0.4, -0.2) is 11.1 Å². The molecule has 0 atom stereocenters. The van der Waals surface area contributed by atoms with Gasteiger partial charge in [0.05, 0.1) is 4.91 Å². The Balaban J connectivity index is 1.64. The number of hydrogen-bond donors (Lipinski definition) is 1. The van der Waals surface area contributed by atoms with E-state index < -0.39 is 0 Å². The molecule has 0 spiro atoms. The van der Waals surface area contributed by atoms with Gasteiger partial charge in [0.25, 0.3) is 5.91 Å². The number of amidine groups is 1. The fourth-order valence-corrected chi connectivity index (χ4v) is 2.93. The zero-order chi connectivity index (χ0) is 16.2. The highest BCUT2D eigenvalue weighted by molar-refractivity contribution is 8.18. The van der Waals surface area contributed by atoms with Crippen LogP contribution in [0.15, 0.2) is 58.4 Å². The van der Waals surface area contributed by atoms with Crippen molar-refractivity contribution < 1.29 is 9.53 Å². The first-order valence-corrected chi connectivity index (χ1v) is 8.05. The molecule has 0 aromatic heterocycles. The van der Waals surface area contributed by atoms with Crippen LogP contribution in [0.1, 0.15) is 11.1 Å². The molecule has 2 aromatic carbocycles. The minimum absolute atomic E-state index is 0.280. The van der Waals surface area contributed by atoms with Gasteiger partial charge < -0.3 is 10.5 Å². The summed E-state index contributed by atoms with van der Waals surface area (Å²) in [6, 6.07) is 15.0. The summed E-state index contributed by atoms with van der Waals surface area (Å²) in [6.07, 6.45) is 1.76. The maximum atomic E-state index is 11.6. The predicted octanol–water partition coefficient (Wildman–Crippen LogP) is 3.85. The highest BCUT2D eigenvalue weighted by Crippen LogP contribution is 2.27. The third-order valence-corrected chi connectivity index (χ3v) is 4.16. The lowest BCUT2D eigenvalue weighted by molar-refractivity contribution is -0.113. The van der Waals surface area contributed by atoms with Gasteiger partial charge in [-0.2, -0.15) is 4.99 Å². The fraction of sp³-hybridized carbons (Fsp3) is 0.0588. The van der Waals surface area contributed by atoms with Crippen LogP contribution in [0.2, 0.25) is 5.02 Å². The number of carbonyl (C=O) groups excluding carboxylic acids is 1. The number of aliphatic imine (C=N–C) groups is 1. The lowest BCUT2D eigenvalue weighted by Crippen LogP contribution is -2.01. The number of carbonyl (C=O) groups is 1. The van der Waals surface area contributed by atoms with Crippen LogP contribution in [0, 0.1) is 0 Å². The van der Waals surface area contributed by atoms with E-state index in [-0.39, 0.29) is 11.1 Å². The summed E-state index contributed by atoms with van der Waals surface area (Å²) in [5.41, 5.74) is 7.41. The molecule has 2 N–H and O–H groups in total. The summed E-state index contributed by atoms with van der Waals surface area (Å²) in [5, 5.41) is 0.969. The Morgan fingerprint density at radius 3 is 2.65 bits per heavy atom. The first-order valence-electron chi connectivity index (χ1n) is 6.85. The molecule has 1 aliphatic rings. The molecule has 1 heterocycles. The van der Waals surface area contributed by atoms with E-state index in [0.717, 1.165) is 16.9 Å². The monoisotopic (exact) mass is 344 g/mol. The largest absolute Gasteiger partial charge is 0.489 e. The molecule has 0 bridgehead atoms. The van der Waals surface area contributed by atoms with Crippen molar-refractivity contribution in [3.05, 3.63) is 69.6 Å². The number of rotatable bonds is 4. The van der Waals surface area contributed by atoms with Gasteiger partial charge in [-0.1, -0.05) is 35.9 Å². The van der Waals surface area contributed by atoms with E-state index >= 15 is 0 Å². The average molecular weight is 345 g/mol. The molecule has 0 fully saturated rings. The average Bonchev–Trinajstić information content (AvgIpc) is 2.84. The van der Waals surface area contributed by atoms with Crippen molar-refractivity contribution in [3.63, 3.8) is 0 Å². The van der Waals surface area contributed by atoms with Crippen LogP contribution < -0.4 is 10.5 Å². The van der Waals surface area contributed by atoms with E-state index in [1.54, 1.807) is 6.08 Å². The van der Waals surface area contributed by atoms with E-state index in [1.165, 1.54) is 11.8 Å². The predicted molar refractivity (Wildman–Crippen MR) is 94.4 cm³/mol. The zero-order valence-electron chi connectivity index (χ0n) is 12.0. The third-order valence-electron chi connectivity index (χ3n) is 3.11. The number of halogens is 1.